The number of nitrogens with zero attached hydrogens (tertiary/aromatic N) is 2. The van der Waals surface area contributed by atoms with Gasteiger partial charge in [-0.1, -0.05) is 0 Å². The second kappa shape index (κ2) is 7.36. The molecular weight excluding hydrogens is 298 g/mol. The van der Waals surface area contributed by atoms with E-state index in [1.807, 2.05) is 19.2 Å². The van der Waals surface area contributed by atoms with Crippen LogP contribution in [0.5, 0.6) is 0 Å². The molecule has 1 saturated heterocycles. The van der Waals surface area contributed by atoms with Crippen LogP contribution in [-0.4, -0.2) is 47.6 Å². The summed E-state index contributed by atoms with van der Waals surface area (Å²) in [6.45, 7) is 6.41. The number of hydrogen-bond acceptors (Lipinski definition) is 5. The lowest BCUT2D eigenvalue weighted by Gasteiger charge is -2.34. The number of aromatic nitrogens is 1. The summed E-state index contributed by atoms with van der Waals surface area (Å²) in [5, 5.41) is 5.90. The van der Waals surface area contributed by atoms with E-state index in [4.69, 9.17) is 16.3 Å². The van der Waals surface area contributed by atoms with E-state index in [1.165, 1.54) is 0 Å². The monoisotopic (exact) mass is 317 g/mol. The third-order valence-electron chi connectivity index (χ3n) is 3.05. The number of carbonyl (C=O) groups is 1. The number of halogens is 1. The molecule has 1 aromatic heterocycles. The highest BCUT2D eigenvalue weighted by Gasteiger charge is 2.30. The average Bonchev–Trinajstić information content (AvgIpc) is 2.86. The van der Waals surface area contributed by atoms with Crippen molar-refractivity contribution < 1.29 is 9.53 Å². The van der Waals surface area contributed by atoms with Gasteiger partial charge in [-0.15, -0.1) is 22.9 Å². The molecule has 1 fully saturated rings. The molecule has 112 valence electrons. The molecule has 2 rings (SSSR count). The maximum atomic E-state index is 12.2. The van der Waals surface area contributed by atoms with Crippen LogP contribution in [-0.2, 0) is 22.0 Å². The van der Waals surface area contributed by atoms with Gasteiger partial charge in [0.1, 0.15) is 11.0 Å². The molecule has 0 saturated carbocycles. The molecule has 0 bridgehead atoms. The van der Waals surface area contributed by atoms with Crippen LogP contribution in [0, 0.1) is 0 Å². The zero-order valence-electron chi connectivity index (χ0n) is 11.8. The first-order valence-electron chi connectivity index (χ1n) is 6.71. The summed E-state index contributed by atoms with van der Waals surface area (Å²) in [4.78, 5) is 18.8. The van der Waals surface area contributed by atoms with Gasteiger partial charge in [0.15, 0.2) is 0 Å². The van der Waals surface area contributed by atoms with Crippen molar-refractivity contribution in [3.05, 3.63) is 16.1 Å². The second-order valence-corrected chi connectivity index (χ2v) is 6.30. The molecule has 1 N–H and O–H groups in total. The van der Waals surface area contributed by atoms with Gasteiger partial charge in [0, 0.05) is 18.0 Å². The van der Waals surface area contributed by atoms with Crippen LogP contribution in [0.2, 0.25) is 0 Å². The van der Waals surface area contributed by atoms with Crippen molar-refractivity contribution >= 4 is 28.8 Å². The van der Waals surface area contributed by atoms with Gasteiger partial charge in [-0.3, -0.25) is 9.69 Å². The molecular formula is C13H20ClN3O2S. The fourth-order valence-electron chi connectivity index (χ4n) is 2.11. The largest absolute Gasteiger partial charge is 0.378 e. The molecule has 5 nitrogen and oxygen atoms in total. The van der Waals surface area contributed by atoms with Crippen molar-refractivity contribution in [2.75, 3.05) is 19.8 Å². The van der Waals surface area contributed by atoms with Crippen LogP contribution >= 0.6 is 22.9 Å². The highest BCUT2D eigenvalue weighted by Crippen LogP contribution is 2.17. The quantitative estimate of drug-likeness (QED) is 0.838. The van der Waals surface area contributed by atoms with E-state index in [9.17, 15) is 4.79 Å². The van der Waals surface area contributed by atoms with Crippen molar-refractivity contribution in [2.45, 2.75) is 38.4 Å². The summed E-state index contributed by atoms with van der Waals surface area (Å²) < 4.78 is 5.44. The van der Waals surface area contributed by atoms with Gasteiger partial charge < -0.3 is 10.1 Å². The minimum Gasteiger partial charge on any atom is -0.378 e. The first kappa shape index (κ1) is 15.7. The van der Waals surface area contributed by atoms with Gasteiger partial charge in [0.25, 0.3) is 0 Å². The van der Waals surface area contributed by atoms with E-state index in [1.54, 1.807) is 11.3 Å². The van der Waals surface area contributed by atoms with Crippen molar-refractivity contribution in [1.29, 1.82) is 0 Å². The van der Waals surface area contributed by atoms with Crippen molar-refractivity contribution in [3.8, 4) is 0 Å². The number of morpholine rings is 1. The summed E-state index contributed by atoms with van der Waals surface area (Å²) in [5.41, 5.74) is 0.892. The van der Waals surface area contributed by atoms with E-state index in [-0.39, 0.29) is 18.0 Å². The Hall–Kier alpha value is -0.690. The first-order valence-corrected chi connectivity index (χ1v) is 8.13. The lowest BCUT2D eigenvalue weighted by atomic mass is 10.2. The molecule has 7 heteroatoms. The molecule has 0 aliphatic carbocycles. The van der Waals surface area contributed by atoms with Gasteiger partial charge in [0.2, 0.25) is 5.91 Å². The summed E-state index contributed by atoms with van der Waals surface area (Å²) in [5.74, 6) is 0.450. The minimum atomic E-state index is -0.241. The number of alkyl halides is 1. The highest BCUT2D eigenvalue weighted by atomic mass is 35.5. The lowest BCUT2D eigenvalue weighted by molar-refractivity contribution is -0.133. The number of nitrogens with one attached hydrogen (secondary N) is 1. The lowest BCUT2D eigenvalue weighted by Crippen LogP contribution is -2.54. The maximum Gasteiger partial charge on any atom is 0.239 e. The molecule has 1 atom stereocenters. The first-order chi connectivity index (χ1) is 9.60. The van der Waals surface area contributed by atoms with E-state index >= 15 is 0 Å². The predicted octanol–water partition coefficient (Wildman–Crippen LogP) is 1.61. The minimum absolute atomic E-state index is 0.0221. The second-order valence-electron chi connectivity index (χ2n) is 5.09. The topological polar surface area (TPSA) is 54.5 Å². The molecule has 1 unspecified atom stereocenters. The fourth-order valence-corrected chi connectivity index (χ4v) is 3.15. The maximum absolute atomic E-state index is 12.2. The number of ether oxygens (including phenoxy) is 1. The Bertz CT molecular complexity index is 453. The Kier molecular flexibility index (Phi) is 5.77. The molecule has 0 aromatic carbocycles. The Morgan fingerprint density at radius 2 is 2.50 bits per heavy atom. The Labute approximate surface area is 128 Å². The van der Waals surface area contributed by atoms with E-state index < -0.39 is 0 Å². The Morgan fingerprint density at radius 1 is 1.70 bits per heavy atom. The predicted molar refractivity (Wildman–Crippen MR) is 80.0 cm³/mol. The van der Waals surface area contributed by atoms with Gasteiger partial charge in [0.05, 0.1) is 31.3 Å². The van der Waals surface area contributed by atoms with Gasteiger partial charge in [-0.25, -0.2) is 4.98 Å². The number of carbonyl (C=O) groups excluding carboxylic acids is 1. The van der Waals surface area contributed by atoms with E-state index in [2.05, 4.69) is 15.2 Å². The van der Waals surface area contributed by atoms with Crippen LogP contribution in [0.15, 0.2) is 5.38 Å². The SMILES string of the molecule is CC(C)NC(=O)C1COCCN1Cc1nc(CCl)cs1. The van der Waals surface area contributed by atoms with Crippen LogP contribution < -0.4 is 5.32 Å². The third-order valence-corrected chi connectivity index (χ3v) is 4.20. The van der Waals surface area contributed by atoms with Crippen LogP contribution in [0.1, 0.15) is 24.5 Å². The van der Waals surface area contributed by atoms with Gasteiger partial charge in [-0.2, -0.15) is 0 Å². The average molecular weight is 318 g/mol. The summed E-state index contributed by atoms with van der Waals surface area (Å²) in [6.07, 6.45) is 0. The zero-order chi connectivity index (χ0) is 14.5. The number of rotatable bonds is 5. The summed E-state index contributed by atoms with van der Waals surface area (Å²) in [6, 6.07) is -0.108. The number of hydrogen-bond donors (Lipinski definition) is 1. The summed E-state index contributed by atoms with van der Waals surface area (Å²) in [7, 11) is 0. The Morgan fingerprint density at radius 3 is 3.15 bits per heavy atom. The van der Waals surface area contributed by atoms with Crippen molar-refractivity contribution in [1.82, 2.24) is 15.2 Å². The third kappa shape index (κ3) is 4.15. The van der Waals surface area contributed by atoms with E-state index in [0.717, 1.165) is 17.2 Å². The highest BCUT2D eigenvalue weighted by molar-refractivity contribution is 7.09. The molecule has 1 amide bonds. The molecule has 20 heavy (non-hydrogen) atoms. The van der Waals surface area contributed by atoms with Gasteiger partial charge >= 0.3 is 0 Å². The fraction of sp³-hybridized carbons (Fsp3) is 0.692. The molecule has 2 heterocycles. The van der Waals surface area contributed by atoms with Crippen molar-refractivity contribution in [2.24, 2.45) is 0 Å². The Balaban J connectivity index is 2.01. The van der Waals surface area contributed by atoms with Crippen LogP contribution in [0.3, 0.4) is 0 Å². The number of amides is 1. The normalized spacial score (nSPS) is 20.3. The molecule has 0 radical (unpaired) electrons. The standard InChI is InChI=1S/C13H20ClN3O2S/c1-9(2)15-13(18)11-7-19-4-3-17(11)6-12-16-10(5-14)8-20-12/h8-9,11H,3-7H2,1-2H3,(H,15,18). The summed E-state index contributed by atoms with van der Waals surface area (Å²) >= 11 is 7.35. The van der Waals surface area contributed by atoms with Crippen LogP contribution in [0.25, 0.3) is 0 Å². The van der Waals surface area contributed by atoms with E-state index in [0.29, 0.717) is 25.6 Å². The van der Waals surface area contributed by atoms with Gasteiger partial charge in [-0.05, 0) is 13.8 Å². The molecule has 0 spiro atoms. The number of thiazole rings is 1. The molecule has 1 aromatic rings. The van der Waals surface area contributed by atoms with Crippen LogP contribution in [0.4, 0.5) is 0 Å². The molecule has 1 aliphatic heterocycles. The molecule has 1 aliphatic rings. The smallest absolute Gasteiger partial charge is 0.239 e. The van der Waals surface area contributed by atoms with Crippen molar-refractivity contribution in [3.63, 3.8) is 0 Å². The zero-order valence-corrected chi connectivity index (χ0v) is 13.3.